The summed E-state index contributed by atoms with van der Waals surface area (Å²) in [7, 11) is 0. The van der Waals surface area contributed by atoms with Crippen LogP contribution in [-0.4, -0.2) is 29.9 Å². The lowest BCUT2D eigenvalue weighted by molar-refractivity contribution is 0.172. The van der Waals surface area contributed by atoms with Crippen LogP contribution in [0.15, 0.2) is 22.7 Å². The maximum absolute atomic E-state index is 5.63. The molecule has 1 aromatic carbocycles. The second-order valence-corrected chi connectivity index (χ2v) is 4.13. The van der Waals surface area contributed by atoms with Gasteiger partial charge in [-0.3, -0.25) is 0 Å². The van der Waals surface area contributed by atoms with Crippen LogP contribution in [0.2, 0.25) is 0 Å². The summed E-state index contributed by atoms with van der Waals surface area (Å²) in [5.74, 6) is 2.48. The van der Waals surface area contributed by atoms with Crippen molar-refractivity contribution in [2.45, 2.75) is 13.5 Å². The molecule has 1 N–H and O–H groups in total. The zero-order valence-electron chi connectivity index (χ0n) is 10.7. The second kappa shape index (κ2) is 5.27. The van der Waals surface area contributed by atoms with Gasteiger partial charge in [-0.1, -0.05) is 18.1 Å². The van der Waals surface area contributed by atoms with Gasteiger partial charge >= 0.3 is 0 Å². The monoisotopic (exact) mass is 261 g/mol. The maximum atomic E-state index is 5.63. The molecule has 0 saturated heterocycles. The molecular weight excluding hydrogens is 246 g/mol. The maximum Gasteiger partial charge on any atom is 0.261 e. The van der Waals surface area contributed by atoms with E-state index >= 15 is 0 Å². The molecule has 0 fully saturated rings. The summed E-state index contributed by atoms with van der Waals surface area (Å²) in [5, 5.41) is 7.08. The quantitative estimate of drug-likeness (QED) is 0.901. The molecule has 1 aliphatic rings. The van der Waals surface area contributed by atoms with Crippen LogP contribution in [0.4, 0.5) is 0 Å². The summed E-state index contributed by atoms with van der Waals surface area (Å²) in [4.78, 5) is 4.35. The van der Waals surface area contributed by atoms with Crippen molar-refractivity contribution in [3.8, 4) is 23.0 Å². The Morgan fingerprint density at radius 3 is 3.05 bits per heavy atom. The molecule has 1 aromatic heterocycles. The lowest BCUT2D eigenvalue weighted by atomic mass is 10.1. The molecular formula is C13H15N3O3. The van der Waals surface area contributed by atoms with Crippen molar-refractivity contribution < 1.29 is 14.0 Å². The molecule has 0 radical (unpaired) electrons. The molecule has 3 rings (SSSR count). The largest absolute Gasteiger partial charge is 0.486 e. The van der Waals surface area contributed by atoms with E-state index in [1.165, 1.54) is 0 Å². The molecule has 100 valence electrons. The summed E-state index contributed by atoms with van der Waals surface area (Å²) in [6, 6.07) is 5.64. The van der Waals surface area contributed by atoms with Gasteiger partial charge in [-0.05, 0) is 18.7 Å². The van der Waals surface area contributed by atoms with E-state index in [9.17, 15) is 0 Å². The Labute approximate surface area is 110 Å². The van der Waals surface area contributed by atoms with Crippen molar-refractivity contribution in [3.63, 3.8) is 0 Å². The topological polar surface area (TPSA) is 69.4 Å². The second-order valence-electron chi connectivity index (χ2n) is 4.13. The van der Waals surface area contributed by atoms with Crippen molar-refractivity contribution in [2.24, 2.45) is 0 Å². The molecule has 6 nitrogen and oxygen atoms in total. The summed E-state index contributed by atoms with van der Waals surface area (Å²) >= 11 is 0. The minimum atomic E-state index is 0.454. The van der Waals surface area contributed by atoms with E-state index in [-0.39, 0.29) is 0 Å². The van der Waals surface area contributed by atoms with Crippen molar-refractivity contribution in [1.29, 1.82) is 0 Å². The van der Waals surface area contributed by atoms with Crippen molar-refractivity contribution >= 4 is 0 Å². The average molecular weight is 261 g/mol. The minimum absolute atomic E-state index is 0.454. The Bertz CT molecular complexity index is 568. The van der Waals surface area contributed by atoms with Gasteiger partial charge in [0.1, 0.15) is 13.2 Å². The number of hydrogen-bond acceptors (Lipinski definition) is 6. The van der Waals surface area contributed by atoms with Gasteiger partial charge in [0, 0.05) is 0 Å². The van der Waals surface area contributed by atoms with Gasteiger partial charge in [0.2, 0.25) is 0 Å². The minimum Gasteiger partial charge on any atom is -0.486 e. The fourth-order valence-corrected chi connectivity index (χ4v) is 1.91. The molecule has 0 unspecified atom stereocenters. The molecule has 6 heteroatoms. The Balaban J connectivity index is 1.91. The molecule has 2 aromatic rings. The number of para-hydroxylation sites is 1. The van der Waals surface area contributed by atoms with Gasteiger partial charge in [-0.2, -0.15) is 4.98 Å². The normalized spacial score (nSPS) is 13.5. The van der Waals surface area contributed by atoms with E-state index in [4.69, 9.17) is 14.0 Å². The third-order valence-electron chi connectivity index (χ3n) is 2.80. The highest BCUT2D eigenvalue weighted by molar-refractivity contribution is 5.67. The third kappa shape index (κ3) is 2.39. The van der Waals surface area contributed by atoms with Gasteiger partial charge in [0.15, 0.2) is 17.3 Å². The van der Waals surface area contributed by atoms with E-state index < -0.39 is 0 Å². The number of aromatic nitrogens is 2. The van der Waals surface area contributed by atoms with Crippen LogP contribution >= 0.6 is 0 Å². The average Bonchev–Trinajstić information content (AvgIpc) is 2.93. The van der Waals surface area contributed by atoms with Crippen LogP contribution in [0.1, 0.15) is 12.7 Å². The number of rotatable bonds is 4. The van der Waals surface area contributed by atoms with E-state index in [1.807, 2.05) is 25.1 Å². The lowest BCUT2D eigenvalue weighted by Gasteiger charge is -2.19. The Morgan fingerprint density at radius 2 is 2.16 bits per heavy atom. The summed E-state index contributed by atoms with van der Waals surface area (Å²) < 4.78 is 16.4. The Kier molecular flexibility index (Phi) is 3.33. The van der Waals surface area contributed by atoms with Crippen LogP contribution in [0.5, 0.6) is 11.5 Å². The molecule has 0 aliphatic carbocycles. The van der Waals surface area contributed by atoms with E-state index in [0.717, 1.165) is 17.9 Å². The summed E-state index contributed by atoms with van der Waals surface area (Å²) in [6.07, 6.45) is 0. The fourth-order valence-electron chi connectivity index (χ4n) is 1.91. The first kappa shape index (κ1) is 12.0. The zero-order valence-corrected chi connectivity index (χ0v) is 10.7. The molecule has 0 amide bonds. The molecule has 1 aliphatic heterocycles. The molecule has 0 bridgehead atoms. The molecule has 19 heavy (non-hydrogen) atoms. The molecule has 2 heterocycles. The highest BCUT2D eigenvalue weighted by Gasteiger charge is 2.20. The zero-order chi connectivity index (χ0) is 13.1. The molecule has 0 atom stereocenters. The smallest absolute Gasteiger partial charge is 0.261 e. The first-order chi connectivity index (χ1) is 9.38. The lowest BCUT2D eigenvalue weighted by Crippen LogP contribution is -2.15. The predicted octanol–water partition coefficient (Wildman–Crippen LogP) is 1.62. The number of nitrogens with zero attached hydrogens (tertiary/aromatic N) is 2. The summed E-state index contributed by atoms with van der Waals surface area (Å²) in [5.41, 5.74) is 0.771. The van der Waals surface area contributed by atoms with Crippen LogP contribution in [0.3, 0.4) is 0 Å². The predicted molar refractivity (Wildman–Crippen MR) is 68.1 cm³/mol. The molecule has 0 saturated carbocycles. The molecule has 0 spiro atoms. The van der Waals surface area contributed by atoms with Crippen LogP contribution in [0, 0.1) is 0 Å². The number of benzene rings is 1. The first-order valence-corrected chi connectivity index (χ1v) is 6.30. The standard InChI is InChI=1S/C13H15N3O3/c1-2-14-8-11-15-13(19-16-11)9-4-3-5-10-12(9)18-7-6-17-10/h3-5,14H,2,6-8H2,1H3. The number of nitrogens with one attached hydrogen (secondary N) is 1. The van der Waals surface area contributed by atoms with E-state index in [0.29, 0.717) is 37.2 Å². The van der Waals surface area contributed by atoms with Gasteiger partial charge < -0.3 is 19.3 Å². The number of hydrogen-bond donors (Lipinski definition) is 1. The van der Waals surface area contributed by atoms with Gasteiger partial charge in [0.25, 0.3) is 5.89 Å². The number of fused-ring (bicyclic) bond motifs is 1. The van der Waals surface area contributed by atoms with Gasteiger partial charge in [0.05, 0.1) is 12.1 Å². The van der Waals surface area contributed by atoms with Gasteiger partial charge in [-0.15, -0.1) is 0 Å². The van der Waals surface area contributed by atoms with Crippen LogP contribution in [0.25, 0.3) is 11.5 Å². The van der Waals surface area contributed by atoms with Crippen molar-refractivity contribution in [3.05, 3.63) is 24.0 Å². The van der Waals surface area contributed by atoms with Crippen molar-refractivity contribution in [2.75, 3.05) is 19.8 Å². The van der Waals surface area contributed by atoms with Gasteiger partial charge in [-0.25, -0.2) is 0 Å². The van der Waals surface area contributed by atoms with E-state index in [1.54, 1.807) is 0 Å². The highest BCUT2D eigenvalue weighted by atomic mass is 16.6. The third-order valence-corrected chi connectivity index (χ3v) is 2.80. The Morgan fingerprint density at radius 1 is 1.26 bits per heavy atom. The fraction of sp³-hybridized carbons (Fsp3) is 0.385. The van der Waals surface area contributed by atoms with Crippen LogP contribution < -0.4 is 14.8 Å². The highest BCUT2D eigenvalue weighted by Crippen LogP contribution is 2.38. The van der Waals surface area contributed by atoms with Crippen molar-refractivity contribution in [1.82, 2.24) is 15.5 Å². The first-order valence-electron chi connectivity index (χ1n) is 6.30. The Hall–Kier alpha value is -2.08. The number of ether oxygens (including phenoxy) is 2. The SMILES string of the molecule is CCNCc1noc(-c2cccc3c2OCCO3)n1. The van der Waals surface area contributed by atoms with Crippen LogP contribution in [-0.2, 0) is 6.54 Å². The van der Waals surface area contributed by atoms with E-state index in [2.05, 4.69) is 15.5 Å². The summed E-state index contributed by atoms with van der Waals surface area (Å²) in [6.45, 7) is 4.57.